The summed E-state index contributed by atoms with van der Waals surface area (Å²) in [6, 6.07) is 7.76. The molecule has 1 amide bonds. The Kier molecular flexibility index (Phi) is 5.88. The smallest absolute Gasteiger partial charge is 0.233 e. The summed E-state index contributed by atoms with van der Waals surface area (Å²) >= 11 is 1.61. The Morgan fingerprint density at radius 3 is 2.50 bits per heavy atom. The standard InChI is InChI=1S/C19H22N2O4S/c1-23-15-9-14(10-16(24-2)18(15)25-3)19-21(17(22)12-26-19)8-6-13-5-4-7-20-11-13/h4-5,7,9-11,19H,6,8,12H2,1-3H3. The van der Waals surface area contributed by atoms with Crippen LogP contribution in [0.15, 0.2) is 36.7 Å². The molecule has 0 N–H and O–H groups in total. The van der Waals surface area contributed by atoms with Crippen molar-refractivity contribution in [2.24, 2.45) is 0 Å². The second kappa shape index (κ2) is 8.31. The molecule has 1 aromatic carbocycles. The molecule has 3 rings (SSSR count). The highest BCUT2D eigenvalue weighted by molar-refractivity contribution is 8.00. The number of hydrogen-bond acceptors (Lipinski definition) is 6. The molecule has 1 aromatic heterocycles. The van der Waals surface area contributed by atoms with Crippen molar-refractivity contribution in [3.05, 3.63) is 47.8 Å². The van der Waals surface area contributed by atoms with E-state index in [-0.39, 0.29) is 11.3 Å². The Hall–Kier alpha value is -2.41. The van der Waals surface area contributed by atoms with Crippen LogP contribution in [0.25, 0.3) is 0 Å². The molecule has 6 nitrogen and oxygen atoms in total. The first-order valence-corrected chi connectivity index (χ1v) is 9.32. The van der Waals surface area contributed by atoms with Crippen molar-refractivity contribution >= 4 is 17.7 Å². The van der Waals surface area contributed by atoms with Crippen molar-refractivity contribution in [2.75, 3.05) is 33.6 Å². The number of rotatable bonds is 7. The van der Waals surface area contributed by atoms with Gasteiger partial charge in [-0.1, -0.05) is 6.07 Å². The summed E-state index contributed by atoms with van der Waals surface area (Å²) in [7, 11) is 4.76. The maximum absolute atomic E-state index is 12.4. The maximum atomic E-state index is 12.4. The predicted octanol–water partition coefficient (Wildman–Crippen LogP) is 2.92. The van der Waals surface area contributed by atoms with Gasteiger partial charge in [0.1, 0.15) is 5.37 Å². The van der Waals surface area contributed by atoms with Crippen LogP contribution in [0.3, 0.4) is 0 Å². The lowest BCUT2D eigenvalue weighted by Gasteiger charge is -2.25. The van der Waals surface area contributed by atoms with Gasteiger partial charge in [-0.3, -0.25) is 9.78 Å². The van der Waals surface area contributed by atoms with Crippen LogP contribution in [-0.4, -0.2) is 49.4 Å². The fraction of sp³-hybridized carbons (Fsp3) is 0.368. The van der Waals surface area contributed by atoms with Crippen LogP contribution in [-0.2, 0) is 11.2 Å². The number of carbonyl (C=O) groups excluding carboxylic acids is 1. The molecule has 1 atom stereocenters. The number of amides is 1. The van der Waals surface area contributed by atoms with Gasteiger partial charge in [0.25, 0.3) is 0 Å². The normalized spacial score (nSPS) is 16.7. The molecule has 2 heterocycles. The lowest BCUT2D eigenvalue weighted by molar-refractivity contribution is -0.128. The first-order valence-electron chi connectivity index (χ1n) is 8.27. The third-order valence-electron chi connectivity index (χ3n) is 4.30. The minimum Gasteiger partial charge on any atom is -0.493 e. The number of benzene rings is 1. The number of pyridine rings is 1. The first-order chi connectivity index (χ1) is 12.7. The van der Waals surface area contributed by atoms with Crippen LogP contribution in [0.2, 0.25) is 0 Å². The Labute approximate surface area is 157 Å². The van der Waals surface area contributed by atoms with E-state index in [4.69, 9.17) is 14.2 Å². The third-order valence-corrected chi connectivity index (χ3v) is 5.56. The first kappa shape index (κ1) is 18.4. The van der Waals surface area contributed by atoms with Gasteiger partial charge in [-0.2, -0.15) is 0 Å². The number of aromatic nitrogens is 1. The Balaban J connectivity index is 1.85. The molecule has 2 aromatic rings. The quantitative estimate of drug-likeness (QED) is 0.743. The molecule has 1 fully saturated rings. The van der Waals surface area contributed by atoms with Gasteiger partial charge in [-0.25, -0.2) is 0 Å². The van der Waals surface area contributed by atoms with Crippen molar-refractivity contribution in [3.63, 3.8) is 0 Å². The van der Waals surface area contributed by atoms with Crippen LogP contribution < -0.4 is 14.2 Å². The van der Waals surface area contributed by atoms with Crippen molar-refractivity contribution in [1.82, 2.24) is 9.88 Å². The van der Waals surface area contributed by atoms with Crippen LogP contribution in [0.5, 0.6) is 17.2 Å². The number of nitrogens with zero attached hydrogens (tertiary/aromatic N) is 2. The Bertz CT molecular complexity index is 744. The van der Waals surface area contributed by atoms with Gasteiger partial charge in [-0.05, 0) is 35.7 Å². The summed E-state index contributed by atoms with van der Waals surface area (Å²) in [6.45, 7) is 0.638. The Morgan fingerprint density at radius 2 is 1.92 bits per heavy atom. The molecule has 0 spiro atoms. The average molecular weight is 374 g/mol. The van der Waals surface area contributed by atoms with Gasteiger partial charge in [-0.15, -0.1) is 11.8 Å². The van der Waals surface area contributed by atoms with E-state index in [1.807, 2.05) is 35.4 Å². The summed E-state index contributed by atoms with van der Waals surface area (Å²) < 4.78 is 16.3. The van der Waals surface area contributed by atoms with Crippen molar-refractivity contribution < 1.29 is 19.0 Å². The molecule has 0 bridgehead atoms. The summed E-state index contributed by atoms with van der Waals surface area (Å²) in [5, 5.41) is -0.0760. The van der Waals surface area contributed by atoms with Crippen molar-refractivity contribution in [3.8, 4) is 17.2 Å². The fourth-order valence-corrected chi connectivity index (χ4v) is 4.21. The van der Waals surface area contributed by atoms with E-state index in [1.165, 1.54) is 0 Å². The lowest BCUT2D eigenvalue weighted by Crippen LogP contribution is -2.30. The molecule has 1 saturated heterocycles. The molecule has 1 aliphatic heterocycles. The largest absolute Gasteiger partial charge is 0.493 e. The second-order valence-electron chi connectivity index (χ2n) is 5.82. The average Bonchev–Trinajstić information content (AvgIpc) is 3.06. The molecule has 7 heteroatoms. The van der Waals surface area contributed by atoms with E-state index < -0.39 is 0 Å². The summed E-state index contributed by atoms with van der Waals surface area (Å²) in [5.41, 5.74) is 2.07. The maximum Gasteiger partial charge on any atom is 0.233 e. The SMILES string of the molecule is COc1cc(C2SCC(=O)N2CCc2cccnc2)cc(OC)c1OC. The number of methoxy groups -OCH3 is 3. The molecule has 0 aliphatic carbocycles. The van der Waals surface area contributed by atoms with E-state index in [1.54, 1.807) is 39.3 Å². The molecule has 0 saturated carbocycles. The zero-order chi connectivity index (χ0) is 18.5. The molecular formula is C19H22N2O4S. The second-order valence-corrected chi connectivity index (χ2v) is 6.89. The van der Waals surface area contributed by atoms with Crippen LogP contribution >= 0.6 is 11.8 Å². The molecular weight excluding hydrogens is 352 g/mol. The number of hydrogen-bond donors (Lipinski definition) is 0. The molecule has 0 radical (unpaired) electrons. The van der Waals surface area contributed by atoms with Gasteiger partial charge in [0.15, 0.2) is 11.5 Å². The predicted molar refractivity (Wildman–Crippen MR) is 101 cm³/mol. The van der Waals surface area contributed by atoms with Gasteiger partial charge >= 0.3 is 0 Å². The molecule has 1 aliphatic rings. The van der Waals surface area contributed by atoms with E-state index >= 15 is 0 Å². The lowest BCUT2D eigenvalue weighted by atomic mass is 10.1. The minimum absolute atomic E-state index is 0.0760. The summed E-state index contributed by atoms with van der Waals surface area (Å²) in [4.78, 5) is 18.4. The van der Waals surface area contributed by atoms with Gasteiger partial charge in [0, 0.05) is 18.9 Å². The van der Waals surface area contributed by atoms with Crippen molar-refractivity contribution in [2.45, 2.75) is 11.8 Å². The monoisotopic (exact) mass is 374 g/mol. The van der Waals surface area contributed by atoms with E-state index in [2.05, 4.69) is 4.98 Å². The van der Waals surface area contributed by atoms with Crippen LogP contribution in [0.4, 0.5) is 0 Å². The van der Waals surface area contributed by atoms with Gasteiger partial charge < -0.3 is 19.1 Å². The number of carbonyl (C=O) groups is 1. The highest BCUT2D eigenvalue weighted by Gasteiger charge is 2.33. The number of thioether (sulfide) groups is 1. The van der Waals surface area contributed by atoms with Crippen molar-refractivity contribution in [1.29, 1.82) is 0 Å². The third kappa shape index (κ3) is 3.72. The minimum atomic E-state index is -0.0760. The molecule has 26 heavy (non-hydrogen) atoms. The zero-order valence-electron chi connectivity index (χ0n) is 15.1. The molecule has 1 unspecified atom stereocenters. The highest BCUT2D eigenvalue weighted by Crippen LogP contribution is 2.45. The van der Waals surface area contributed by atoms with E-state index in [0.29, 0.717) is 29.5 Å². The fourth-order valence-electron chi connectivity index (χ4n) is 3.01. The topological polar surface area (TPSA) is 60.9 Å². The van der Waals surface area contributed by atoms with Gasteiger partial charge in [0.05, 0.1) is 27.1 Å². The zero-order valence-corrected chi connectivity index (χ0v) is 15.9. The van der Waals surface area contributed by atoms with Crippen LogP contribution in [0, 0.1) is 0 Å². The highest BCUT2D eigenvalue weighted by atomic mass is 32.2. The summed E-state index contributed by atoms with van der Waals surface area (Å²) in [5.74, 6) is 2.34. The van der Waals surface area contributed by atoms with Gasteiger partial charge in [0.2, 0.25) is 11.7 Å². The summed E-state index contributed by atoms with van der Waals surface area (Å²) in [6.07, 6.45) is 4.35. The Morgan fingerprint density at radius 1 is 1.19 bits per heavy atom. The van der Waals surface area contributed by atoms with Crippen LogP contribution in [0.1, 0.15) is 16.5 Å². The van der Waals surface area contributed by atoms with E-state index in [0.717, 1.165) is 17.5 Å². The number of ether oxygens (including phenoxy) is 3. The molecule has 138 valence electrons. The van der Waals surface area contributed by atoms with E-state index in [9.17, 15) is 4.79 Å².